The Balaban J connectivity index is 3.00. The highest BCUT2D eigenvalue weighted by Gasteiger charge is 2.10. The molecule has 1 rings (SSSR count). The van der Waals surface area contributed by atoms with E-state index in [1.54, 1.807) is 24.3 Å². The Morgan fingerprint density at radius 3 is 1.61 bits per heavy atom. The van der Waals surface area contributed by atoms with Crippen molar-refractivity contribution in [3.63, 3.8) is 0 Å². The molecule has 0 saturated heterocycles. The molecule has 0 aliphatic heterocycles. The van der Waals surface area contributed by atoms with Gasteiger partial charge in [0.1, 0.15) is 0 Å². The lowest BCUT2D eigenvalue weighted by molar-refractivity contribution is 0.603. The quantitative estimate of drug-likeness (QED) is 0.799. The van der Waals surface area contributed by atoms with Gasteiger partial charge in [-0.3, -0.25) is 0 Å². The lowest BCUT2D eigenvalue weighted by Gasteiger charge is -2.04. The maximum atomic E-state index is 11.4. The van der Waals surface area contributed by atoms with E-state index in [1.165, 1.54) is 0 Å². The highest BCUT2D eigenvalue weighted by molar-refractivity contribution is 7.93. The molecule has 0 N–H and O–H groups in total. The smallest absolute Gasteiger partial charge is 0.175 e. The van der Waals surface area contributed by atoms with Gasteiger partial charge in [0.2, 0.25) is 0 Å². The van der Waals surface area contributed by atoms with Gasteiger partial charge in [-0.05, 0) is 11.1 Å². The van der Waals surface area contributed by atoms with Crippen molar-refractivity contribution in [3.05, 3.63) is 59.4 Å². The zero-order valence-corrected chi connectivity index (χ0v) is 11.4. The molecule has 0 saturated carbocycles. The highest BCUT2D eigenvalue weighted by Crippen LogP contribution is 2.13. The number of benzene rings is 1. The normalized spacial score (nSPS) is 12.0. The maximum Gasteiger partial charge on any atom is 0.175 e. The van der Waals surface area contributed by atoms with Gasteiger partial charge in [0.05, 0.1) is 11.5 Å². The van der Waals surface area contributed by atoms with E-state index in [0.29, 0.717) is 11.1 Å². The van der Waals surface area contributed by atoms with Crippen molar-refractivity contribution in [2.45, 2.75) is 11.5 Å². The van der Waals surface area contributed by atoms with Crippen LogP contribution in [0, 0.1) is 0 Å². The minimum Gasteiger partial charge on any atom is -0.224 e. The topological polar surface area (TPSA) is 68.3 Å². The van der Waals surface area contributed by atoms with Crippen LogP contribution in [0.2, 0.25) is 0 Å². The average molecular weight is 286 g/mol. The van der Waals surface area contributed by atoms with Crippen LogP contribution in [0.1, 0.15) is 11.1 Å². The SMILES string of the molecule is C=CS(=O)(=O)Cc1cccc(CS(=O)(=O)C=C)c1. The van der Waals surface area contributed by atoms with Gasteiger partial charge in [-0.25, -0.2) is 16.8 Å². The summed E-state index contributed by atoms with van der Waals surface area (Å²) in [5.74, 6) is -0.364. The van der Waals surface area contributed by atoms with E-state index in [2.05, 4.69) is 13.2 Å². The molecule has 0 unspecified atom stereocenters. The third-order valence-electron chi connectivity index (χ3n) is 2.23. The Hall–Kier alpha value is -1.40. The van der Waals surface area contributed by atoms with E-state index in [0.717, 1.165) is 10.8 Å². The Labute approximate surface area is 107 Å². The van der Waals surface area contributed by atoms with Crippen molar-refractivity contribution in [2.24, 2.45) is 0 Å². The summed E-state index contributed by atoms with van der Waals surface area (Å²) in [4.78, 5) is 0. The Morgan fingerprint density at radius 2 is 1.28 bits per heavy atom. The zero-order chi connectivity index (χ0) is 13.8. The molecule has 0 amide bonds. The molecular formula is C12H14O4S2. The van der Waals surface area contributed by atoms with Gasteiger partial charge in [-0.2, -0.15) is 0 Å². The van der Waals surface area contributed by atoms with Crippen molar-refractivity contribution in [1.82, 2.24) is 0 Å². The first-order valence-corrected chi connectivity index (χ1v) is 8.49. The summed E-state index contributed by atoms with van der Waals surface area (Å²) >= 11 is 0. The molecule has 0 aliphatic rings. The van der Waals surface area contributed by atoms with E-state index in [-0.39, 0.29) is 11.5 Å². The van der Waals surface area contributed by atoms with Crippen LogP contribution < -0.4 is 0 Å². The van der Waals surface area contributed by atoms with Crippen LogP contribution >= 0.6 is 0 Å². The van der Waals surface area contributed by atoms with Crippen molar-refractivity contribution < 1.29 is 16.8 Å². The molecule has 1 aromatic carbocycles. The third-order valence-corrected chi connectivity index (χ3v) is 4.72. The van der Waals surface area contributed by atoms with Crippen molar-refractivity contribution in [3.8, 4) is 0 Å². The molecule has 0 heterocycles. The lowest BCUT2D eigenvalue weighted by atomic mass is 10.2. The summed E-state index contributed by atoms with van der Waals surface area (Å²) in [5.41, 5.74) is 1.07. The number of rotatable bonds is 6. The van der Waals surface area contributed by atoms with Crippen LogP contribution in [-0.2, 0) is 31.2 Å². The summed E-state index contributed by atoms with van der Waals surface area (Å²) in [6.45, 7) is 6.45. The summed E-state index contributed by atoms with van der Waals surface area (Å²) in [6, 6.07) is 6.44. The Kier molecular flexibility index (Phi) is 4.48. The Bertz CT molecular complexity index is 600. The molecule has 0 aliphatic carbocycles. The first-order chi connectivity index (χ1) is 8.28. The molecule has 18 heavy (non-hydrogen) atoms. The molecule has 1 aromatic rings. The van der Waals surface area contributed by atoms with E-state index in [9.17, 15) is 16.8 Å². The molecule has 0 bridgehead atoms. The van der Waals surface area contributed by atoms with Gasteiger partial charge in [-0.15, -0.1) is 0 Å². The molecule has 0 atom stereocenters. The van der Waals surface area contributed by atoms with Gasteiger partial charge in [0.25, 0.3) is 0 Å². The summed E-state index contributed by atoms with van der Waals surface area (Å²) in [5, 5.41) is 1.78. The largest absolute Gasteiger partial charge is 0.224 e. The van der Waals surface area contributed by atoms with Gasteiger partial charge in [0, 0.05) is 10.8 Å². The van der Waals surface area contributed by atoms with Crippen molar-refractivity contribution in [1.29, 1.82) is 0 Å². The fourth-order valence-electron chi connectivity index (χ4n) is 1.39. The van der Waals surface area contributed by atoms with Gasteiger partial charge in [-0.1, -0.05) is 37.4 Å². The van der Waals surface area contributed by atoms with Gasteiger partial charge < -0.3 is 0 Å². The van der Waals surface area contributed by atoms with Crippen LogP contribution in [0.5, 0.6) is 0 Å². The van der Waals surface area contributed by atoms with E-state index < -0.39 is 19.7 Å². The lowest BCUT2D eigenvalue weighted by Crippen LogP contribution is -2.02. The summed E-state index contributed by atoms with van der Waals surface area (Å²) < 4.78 is 45.5. The molecule has 4 nitrogen and oxygen atoms in total. The van der Waals surface area contributed by atoms with E-state index in [1.807, 2.05) is 0 Å². The highest BCUT2D eigenvalue weighted by atomic mass is 32.2. The molecular weight excluding hydrogens is 272 g/mol. The van der Waals surface area contributed by atoms with Gasteiger partial charge in [0.15, 0.2) is 19.7 Å². The third kappa shape index (κ3) is 4.46. The molecule has 98 valence electrons. The second-order valence-electron chi connectivity index (χ2n) is 3.77. The standard InChI is InChI=1S/C12H14O4S2/c1-3-17(13,14)9-11-6-5-7-12(8-11)10-18(15,16)4-2/h3-8H,1-2,9-10H2. The van der Waals surface area contributed by atoms with Crippen LogP contribution in [0.4, 0.5) is 0 Å². The number of sulfone groups is 2. The summed E-state index contributed by atoms with van der Waals surface area (Å²) in [6.07, 6.45) is 0. The second-order valence-corrected chi connectivity index (χ2v) is 7.66. The van der Waals surface area contributed by atoms with Crippen molar-refractivity contribution in [2.75, 3.05) is 0 Å². The fraction of sp³-hybridized carbons (Fsp3) is 0.167. The first-order valence-electron chi connectivity index (χ1n) is 5.06. The van der Waals surface area contributed by atoms with Gasteiger partial charge >= 0.3 is 0 Å². The van der Waals surface area contributed by atoms with Crippen LogP contribution in [-0.4, -0.2) is 16.8 Å². The molecule has 6 heteroatoms. The zero-order valence-electron chi connectivity index (χ0n) is 9.74. The molecule has 0 radical (unpaired) electrons. The Morgan fingerprint density at radius 1 is 0.889 bits per heavy atom. The van der Waals surface area contributed by atoms with E-state index >= 15 is 0 Å². The van der Waals surface area contributed by atoms with Crippen LogP contribution in [0.25, 0.3) is 0 Å². The second kappa shape index (κ2) is 5.49. The minimum atomic E-state index is -3.34. The number of hydrogen-bond donors (Lipinski definition) is 0. The van der Waals surface area contributed by atoms with Crippen molar-refractivity contribution >= 4 is 19.7 Å². The van der Waals surface area contributed by atoms with E-state index in [4.69, 9.17) is 0 Å². The molecule has 0 spiro atoms. The predicted octanol–water partition coefficient (Wildman–Crippen LogP) is 1.80. The maximum absolute atomic E-state index is 11.4. The molecule has 0 aromatic heterocycles. The summed E-state index contributed by atoms with van der Waals surface area (Å²) in [7, 11) is -6.69. The fourth-order valence-corrected chi connectivity index (χ4v) is 2.92. The monoisotopic (exact) mass is 286 g/mol. The number of hydrogen-bond acceptors (Lipinski definition) is 4. The van der Waals surface area contributed by atoms with Crippen LogP contribution in [0.15, 0.2) is 48.2 Å². The average Bonchev–Trinajstić information content (AvgIpc) is 2.28. The minimum absolute atomic E-state index is 0.182. The first kappa shape index (κ1) is 14.7. The predicted molar refractivity (Wildman–Crippen MR) is 72.1 cm³/mol. The molecule has 0 fully saturated rings. The van der Waals surface area contributed by atoms with Crippen LogP contribution in [0.3, 0.4) is 0 Å².